The van der Waals surface area contributed by atoms with Crippen molar-refractivity contribution in [2.45, 2.75) is 27.7 Å². The van der Waals surface area contributed by atoms with Crippen LogP contribution in [0.1, 0.15) is 28.1 Å². The Bertz CT molecular complexity index is 808. The topological polar surface area (TPSA) is 73.8 Å². The molecule has 110 valence electrons. The zero-order valence-electron chi connectivity index (χ0n) is 12.8. The average molecular weight is 302 g/mol. The molecule has 0 radical (unpaired) electrons. The molecule has 0 aliphatic carbocycles. The van der Waals surface area contributed by atoms with E-state index in [2.05, 4.69) is 10.2 Å². The van der Waals surface area contributed by atoms with Crippen LogP contribution < -0.4 is 11.3 Å². The Hall–Kier alpha value is -2.08. The Labute approximate surface area is 128 Å². The first-order valence-electron chi connectivity index (χ1n) is 6.57. The summed E-state index contributed by atoms with van der Waals surface area (Å²) < 4.78 is 1.50. The van der Waals surface area contributed by atoms with Gasteiger partial charge in [-0.3, -0.25) is 9.36 Å². The van der Waals surface area contributed by atoms with Crippen LogP contribution in [0.2, 0.25) is 0 Å². The molecule has 0 amide bonds. The first kappa shape index (κ1) is 15.3. The van der Waals surface area contributed by atoms with Gasteiger partial charge >= 0.3 is 0 Å². The van der Waals surface area contributed by atoms with Crippen molar-refractivity contribution >= 4 is 17.2 Å². The third kappa shape index (κ3) is 2.47. The number of aryl methyl sites for hydroxylation is 2. The van der Waals surface area contributed by atoms with Gasteiger partial charge in [-0.05, 0) is 50.5 Å². The number of nitrogens with two attached hydrogens (primary N) is 1. The zero-order valence-corrected chi connectivity index (χ0v) is 13.6. The standard InChI is InChI=1S/C15H18N4OS/c1-7-6-11(14(16)21)8(2)9(3)12(7)13-15(20)19(5)10(4)17-18-13/h6H,1-5H3,(H2,16,21). The van der Waals surface area contributed by atoms with Gasteiger partial charge in [0.1, 0.15) is 10.8 Å². The molecule has 0 unspecified atom stereocenters. The number of hydrogen-bond donors (Lipinski definition) is 1. The molecule has 0 fully saturated rings. The molecule has 6 heteroatoms. The summed E-state index contributed by atoms with van der Waals surface area (Å²) in [5.41, 5.74) is 10.4. The van der Waals surface area contributed by atoms with Crippen LogP contribution in [0.4, 0.5) is 0 Å². The molecule has 1 heterocycles. The molecule has 0 spiro atoms. The highest BCUT2D eigenvalue weighted by molar-refractivity contribution is 7.80. The Balaban J connectivity index is 2.84. The molecule has 2 rings (SSSR count). The molecule has 0 aliphatic heterocycles. The molecule has 0 saturated carbocycles. The molecular formula is C15H18N4OS. The lowest BCUT2D eigenvalue weighted by molar-refractivity contribution is 0.732. The van der Waals surface area contributed by atoms with Crippen LogP contribution in [0.5, 0.6) is 0 Å². The van der Waals surface area contributed by atoms with Crippen LogP contribution in [0.15, 0.2) is 10.9 Å². The molecule has 5 nitrogen and oxygen atoms in total. The van der Waals surface area contributed by atoms with Crippen molar-refractivity contribution in [3.63, 3.8) is 0 Å². The van der Waals surface area contributed by atoms with Gasteiger partial charge in [0.2, 0.25) is 0 Å². The summed E-state index contributed by atoms with van der Waals surface area (Å²) in [6, 6.07) is 1.90. The second-order valence-electron chi connectivity index (χ2n) is 5.19. The minimum Gasteiger partial charge on any atom is -0.389 e. The van der Waals surface area contributed by atoms with E-state index in [4.69, 9.17) is 18.0 Å². The molecule has 1 aromatic heterocycles. The van der Waals surface area contributed by atoms with Gasteiger partial charge in [0.25, 0.3) is 5.56 Å². The molecule has 0 bridgehead atoms. The van der Waals surface area contributed by atoms with Crippen LogP contribution in [0, 0.1) is 27.7 Å². The number of hydrogen-bond acceptors (Lipinski definition) is 4. The molecule has 0 atom stereocenters. The average Bonchev–Trinajstić information content (AvgIpc) is 2.42. The van der Waals surface area contributed by atoms with Gasteiger partial charge in [0, 0.05) is 18.2 Å². The Morgan fingerprint density at radius 1 is 1.19 bits per heavy atom. The first-order valence-corrected chi connectivity index (χ1v) is 6.97. The van der Waals surface area contributed by atoms with Crippen molar-refractivity contribution in [3.8, 4) is 11.3 Å². The lowest BCUT2D eigenvalue weighted by Crippen LogP contribution is -2.25. The van der Waals surface area contributed by atoms with E-state index >= 15 is 0 Å². The summed E-state index contributed by atoms with van der Waals surface area (Å²) in [6.45, 7) is 7.56. The molecular weight excluding hydrogens is 284 g/mol. The van der Waals surface area contributed by atoms with E-state index in [0.717, 1.165) is 27.8 Å². The fourth-order valence-electron chi connectivity index (χ4n) is 2.40. The third-order valence-corrected chi connectivity index (χ3v) is 4.11. The van der Waals surface area contributed by atoms with Gasteiger partial charge in [0.05, 0.1) is 0 Å². The van der Waals surface area contributed by atoms with Crippen molar-refractivity contribution in [1.82, 2.24) is 14.8 Å². The molecule has 1 aromatic carbocycles. The highest BCUT2D eigenvalue weighted by Gasteiger charge is 2.18. The monoisotopic (exact) mass is 302 g/mol. The minimum atomic E-state index is -0.156. The van der Waals surface area contributed by atoms with Crippen LogP contribution >= 0.6 is 12.2 Å². The maximum Gasteiger partial charge on any atom is 0.280 e. The zero-order chi connectivity index (χ0) is 15.9. The summed E-state index contributed by atoms with van der Waals surface area (Å²) in [5, 5.41) is 8.15. The lowest BCUT2D eigenvalue weighted by atomic mass is 9.92. The second kappa shape index (κ2) is 5.37. The van der Waals surface area contributed by atoms with Crippen LogP contribution in [-0.4, -0.2) is 19.8 Å². The smallest absolute Gasteiger partial charge is 0.280 e. The number of benzene rings is 1. The summed E-state index contributed by atoms with van der Waals surface area (Å²) in [5.74, 6) is 0.579. The highest BCUT2D eigenvalue weighted by Crippen LogP contribution is 2.28. The van der Waals surface area contributed by atoms with Crippen molar-refractivity contribution in [3.05, 3.63) is 44.5 Å². The van der Waals surface area contributed by atoms with Crippen LogP contribution in [-0.2, 0) is 7.05 Å². The highest BCUT2D eigenvalue weighted by atomic mass is 32.1. The van der Waals surface area contributed by atoms with E-state index in [0.29, 0.717) is 16.5 Å². The molecule has 0 saturated heterocycles. The van der Waals surface area contributed by atoms with Crippen molar-refractivity contribution in [1.29, 1.82) is 0 Å². The number of nitrogens with zero attached hydrogens (tertiary/aromatic N) is 3. The number of aromatic nitrogens is 3. The molecule has 2 aromatic rings. The van der Waals surface area contributed by atoms with E-state index in [-0.39, 0.29) is 5.56 Å². The predicted octanol–water partition coefficient (Wildman–Crippen LogP) is 1.71. The summed E-state index contributed by atoms with van der Waals surface area (Å²) in [7, 11) is 1.69. The maximum absolute atomic E-state index is 12.4. The van der Waals surface area contributed by atoms with Gasteiger partial charge in [-0.25, -0.2) is 0 Å². The lowest BCUT2D eigenvalue weighted by Gasteiger charge is -2.15. The summed E-state index contributed by atoms with van der Waals surface area (Å²) in [4.78, 5) is 12.8. The normalized spacial score (nSPS) is 10.7. The third-order valence-electron chi connectivity index (χ3n) is 3.89. The van der Waals surface area contributed by atoms with E-state index in [1.807, 2.05) is 26.8 Å². The van der Waals surface area contributed by atoms with Gasteiger partial charge in [-0.1, -0.05) is 12.2 Å². The minimum absolute atomic E-state index is 0.156. The van der Waals surface area contributed by atoms with Gasteiger partial charge in [-0.2, -0.15) is 0 Å². The van der Waals surface area contributed by atoms with Crippen molar-refractivity contribution in [2.75, 3.05) is 0 Å². The maximum atomic E-state index is 12.4. The van der Waals surface area contributed by atoms with Crippen molar-refractivity contribution in [2.24, 2.45) is 12.8 Å². The summed E-state index contributed by atoms with van der Waals surface area (Å²) >= 11 is 5.08. The van der Waals surface area contributed by atoms with E-state index in [1.165, 1.54) is 4.57 Å². The predicted molar refractivity (Wildman–Crippen MR) is 87.5 cm³/mol. The van der Waals surface area contributed by atoms with Crippen LogP contribution in [0.3, 0.4) is 0 Å². The fraction of sp³-hybridized carbons (Fsp3) is 0.333. The van der Waals surface area contributed by atoms with Crippen LogP contribution in [0.25, 0.3) is 11.3 Å². The van der Waals surface area contributed by atoms with E-state index in [9.17, 15) is 4.79 Å². The van der Waals surface area contributed by atoms with Crippen molar-refractivity contribution < 1.29 is 0 Å². The number of thiocarbonyl (C=S) groups is 1. The van der Waals surface area contributed by atoms with Gasteiger partial charge in [0.15, 0.2) is 5.69 Å². The SMILES string of the molecule is Cc1cc(C(N)=S)c(C)c(C)c1-c1nnc(C)n(C)c1=O. The van der Waals surface area contributed by atoms with E-state index < -0.39 is 0 Å². The first-order chi connectivity index (χ1) is 9.75. The molecule has 21 heavy (non-hydrogen) atoms. The van der Waals surface area contributed by atoms with Gasteiger partial charge < -0.3 is 5.73 Å². The largest absolute Gasteiger partial charge is 0.389 e. The summed E-state index contributed by atoms with van der Waals surface area (Å²) in [6.07, 6.45) is 0. The Morgan fingerprint density at radius 2 is 1.81 bits per heavy atom. The molecule has 2 N–H and O–H groups in total. The second-order valence-corrected chi connectivity index (χ2v) is 5.63. The molecule has 0 aliphatic rings. The Morgan fingerprint density at radius 3 is 2.38 bits per heavy atom. The quantitative estimate of drug-likeness (QED) is 0.855. The van der Waals surface area contributed by atoms with E-state index in [1.54, 1.807) is 14.0 Å². The Kier molecular flexibility index (Phi) is 3.91. The fourth-order valence-corrected chi connectivity index (χ4v) is 2.61. The van der Waals surface area contributed by atoms with Gasteiger partial charge in [-0.15, -0.1) is 10.2 Å². The number of rotatable bonds is 2.